The molecule has 3 nitrogen and oxygen atoms in total. The second-order valence-corrected chi connectivity index (χ2v) is 4.49. The molecule has 1 aromatic carbocycles. The van der Waals surface area contributed by atoms with Crippen LogP contribution in [0.5, 0.6) is 0 Å². The molecule has 0 atom stereocenters. The van der Waals surface area contributed by atoms with Crippen LogP contribution in [0, 0.1) is 24.1 Å². The summed E-state index contributed by atoms with van der Waals surface area (Å²) in [6, 6.07) is 6.07. The molecule has 0 aliphatic heterocycles. The van der Waals surface area contributed by atoms with Crippen molar-refractivity contribution in [1.29, 1.82) is 5.26 Å². The molecule has 0 amide bonds. The summed E-state index contributed by atoms with van der Waals surface area (Å²) in [6.45, 7) is 1.85. The summed E-state index contributed by atoms with van der Waals surface area (Å²) in [7, 11) is 0. The van der Waals surface area contributed by atoms with Crippen molar-refractivity contribution in [2.24, 2.45) is 0 Å². The molecular formula is C11H8FN3S. The Hall–Kier alpha value is -1.93. The minimum absolute atomic E-state index is 0.00236. The lowest BCUT2D eigenvalue weighted by molar-refractivity contribution is 0.624. The fourth-order valence-electron chi connectivity index (χ4n) is 1.41. The van der Waals surface area contributed by atoms with Gasteiger partial charge < -0.3 is 5.73 Å². The van der Waals surface area contributed by atoms with E-state index >= 15 is 0 Å². The van der Waals surface area contributed by atoms with E-state index in [0.717, 1.165) is 5.01 Å². The van der Waals surface area contributed by atoms with Crippen molar-refractivity contribution in [2.75, 3.05) is 5.73 Å². The van der Waals surface area contributed by atoms with Crippen molar-refractivity contribution in [3.05, 3.63) is 34.6 Å². The molecule has 0 bridgehead atoms. The molecule has 1 aromatic heterocycles. The maximum Gasteiger partial charge on any atom is 0.140 e. The molecule has 2 N–H and O–H groups in total. The predicted molar refractivity (Wildman–Crippen MR) is 61.4 cm³/mol. The lowest BCUT2D eigenvalue weighted by atomic mass is 10.1. The van der Waals surface area contributed by atoms with Gasteiger partial charge in [-0.3, -0.25) is 0 Å². The van der Waals surface area contributed by atoms with Gasteiger partial charge in [0.05, 0.1) is 10.6 Å². The first kappa shape index (κ1) is 10.6. The van der Waals surface area contributed by atoms with Crippen LogP contribution in [-0.4, -0.2) is 4.98 Å². The number of aromatic nitrogens is 1. The van der Waals surface area contributed by atoms with E-state index in [1.54, 1.807) is 12.1 Å². The number of halogens is 1. The summed E-state index contributed by atoms with van der Waals surface area (Å²) in [5, 5.41) is 10.1. The lowest BCUT2D eigenvalue weighted by Crippen LogP contribution is -1.89. The number of nitriles is 1. The zero-order valence-electron chi connectivity index (χ0n) is 8.49. The van der Waals surface area contributed by atoms with Gasteiger partial charge in [-0.2, -0.15) is 5.26 Å². The van der Waals surface area contributed by atoms with Gasteiger partial charge in [0.15, 0.2) is 0 Å². The number of thiazole rings is 1. The van der Waals surface area contributed by atoms with Crippen LogP contribution in [0.3, 0.4) is 0 Å². The highest BCUT2D eigenvalue weighted by molar-refractivity contribution is 7.16. The Balaban J connectivity index is 2.58. The quantitative estimate of drug-likeness (QED) is 0.823. The van der Waals surface area contributed by atoms with Crippen LogP contribution in [0.15, 0.2) is 18.2 Å². The fourth-order valence-corrected chi connectivity index (χ4v) is 2.12. The van der Waals surface area contributed by atoms with Crippen LogP contribution >= 0.6 is 11.3 Å². The summed E-state index contributed by atoms with van der Waals surface area (Å²) in [5.74, 6) is -0.531. The summed E-state index contributed by atoms with van der Waals surface area (Å²) < 4.78 is 13.1. The van der Waals surface area contributed by atoms with E-state index in [1.165, 1.54) is 23.5 Å². The van der Waals surface area contributed by atoms with E-state index in [4.69, 9.17) is 11.0 Å². The minimum atomic E-state index is -0.531. The first-order valence-electron chi connectivity index (χ1n) is 4.54. The van der Waals surface area contributed by atoms with Crippen molar-refractivity contribution in [3.8, 4) is 17.3 Å². The number of anilines is 1. The van der Waals surface area contributed by atoms with Crippen LogP contribution in [0.4, 0.5) is 9.39 Å². The predicted octanol–water partition coefficient (Wildman–Crippen LogP) is 2.71. The molecule has 0 radical (unpaired) electrons. The molecule has 5 heteroatoms. The molecule has 0 aliphatic carbocycles. The maximum absolute atomic E-state index is 13.1. The Morgan fingerprint density at radius 3 is 2.81 bits per heavy atom. The topological polar surface area (TPSA) is 62.7 Å². The number of hydrogen-bond donors (Lipinski definition) is 1. The zero-order valence-corrected chi connectivity index (χ0v) is 9.31. The van der Waals surface area contributed by atoms with Crippen LogP contribution < -0.4 is 5.73 Å². The van der Waals surface area contributed by atoms with Gasteiger partial charge in [-0.1, -0.05) is 0 Å². The number of nitrogen functional groups attached to an aromatic ring is 1. The Bertz CT molecular complexity index is 583. The van der Waals surface area contributed by atoms with Gasteiger partial charge in [0.2, 0.25) is 0 Å². The standard InChI is InChI=1S/C11H8FN3S/c1-6-15-10(11(14)16-6)7-2-3-9(12)8(4-7)5-13/h2-4H,14H2,1H3. The molecule has 1 heterocycles. The van der Waals surface area contributed by atoms with E-state index < -0.39 is 5.82 Å². The third-order valence-electron chi connectivity index (χ3n) is 2.12. The molecule has 0 saturated heterocycles. The Kier molecular flexibility index (Phi) is 2.59. The Morgan fingerprint density at radius 2 is 2.25 bits per heavy atom. The molecule has 0 spiro atoms. The van der Waals surface area contributed by atoms with Crippen LogP contribution in [0.25, 0.3) is 11.3 Å². The smallest absolute Gasteiger partial charge is 0.140 e. The molecule has 0 fully saturated rings. The molecule has 80 valence electrons. The van der Waals surface area contributed by atoms with E-state index in [0.29, 0.717) is 16.3 Å². The zero-order chi connectivity index (χ0) is 11.7. The molecule has 0 saturated carbocycles. The molecule has 2 rings (SSSR count). The van der Waals surface area contributed by atoms with Gasteiger partial charge in [0.1, 0.15) is 22.6 Å². The third-order valence-corrected chi connectivity index (χ3v) is 2.92. The number of nitrogens with two attached hydrogens (primary N) is 1. The SMILES string of the molecule is Cc1nc(-c2ccc(F)c(C#N)c2)c(N)s1. The van der Waals surface area contributed by atoms with Gasteiger partial charge in [-0.25, -0.2) is 9.37 Å². The second kappa shape index (κ2) is 3.91. The first-order valence-corrected chi connectivity index (χ1v) is 5.36. The van der Waals surface area contributed by atoms with Gasteiger partial charge in [-0.15, -0.1) is 11.3 Å². The second-order valence-electron chi connectivity index (χ2n) is 3.25. The molecular weight excluding hydrogens is 225 g/mol. The summed E-state index contributed by atoms with van der Waals surface area (Å²) in [4.78, 5) is 4.25. The summed E-state index contributed by atoms with van der Waals surface area (Å²) >= 11 is 1.37. The summed E-state index contributed by atoms with van der Waals surface area (Å²) in [5.41, 5.74) is 7.06. The largest absolute Gasteiger partial charge is 0.389 e. The van der Waals surface area contributed by atoms with Gasteiger partial charge in [0, 0.05) is 5.56 Å². The normalized spacial score (nSPS) is 10.1. The highest BCUT2D eigenvalue weighted by Gasteiger charge is 2.10. The average Bonchev–Trinajstić information content (AvgIpc) is 2.59. The molecule has 2 aromatic rings. The fraction of sp³-hybridized carbons (Fsp3) is 0.0909. The maximum atomic E-state index is 13.1. The van der Waals surface area contributed by atoms with Crippen molar-refractivity contribution >= 4 is 16.3 Å². The number of benzene rings is 1. The Morgan fingerprint density at radius 1 is 1.50 bits per heavy atom. The number of aryl methyl sites for hydroxylation is 1. The first-order chi connectivity index (χ1) is 7.61. The number of rotatable bonds is 1. The van der Waals surface area contributed by atoms with Crippen molar-refractivity contribution in [1.82, 2.24) is 4.98 Å². The van der Waals surface area contributed by atoms with Crippen LogP contribution in [-0.2, 0) is 0 Å². The van der Waals surface area contributed by atoms with E-state index in [1.807, 2.05) is 6.92 Å². The van der Waals surface area contributed by atoms with E-state index in [9.17, 15) is 4.39 Å². The number of nitrogens with zero attached hydrogens (tertiary/aromatic N) is 2. The monoisotopic (exact) mass is 233 g/mol. The summed E-state index contributed by atoms with van der Waals surface area (Å²) in [6.07, 6.45) is 0. The van der Waals surface area contributed by atoms with E-state index in [2.05, 4.69) is 4.98 Å². The third kappa shape index (κ3) is 1.75. The Labute approximate surface area is 96.0 Å². The van der Waals surface area contributed by atoms with Crippen molar-refractivity contribution in [2.45, 2.75) is 6.92 Å². The lowest BCUT2D eigenvalue weighted by Gasteiger charge is -1.99. The van der Waals surface area contributed by atoms with E-state index in [-0.39, 0.29) is 5.56 Å². The van der Waals surface area contributed by atoms with Crippen molar-refractivity contribution < 1.29 is 4.39 Å². The molecule has 0 aliphatic rings. The van der Waals surface area contributed by atoms with Crippen LogP contribution in [0.2, 0.25) is 0 Å². The minimum Gasteiger partial charge on any atom is -0.389 e. The van der Waals surface area contributed by atoms with Crippen molar-refractivity contribution in [3.63, 3.8) is 0 Å². The van der Waals surface area contributed by atoms with Gasteiger partial charge >= 0.3 is 0 Å². The van der Waals surface area contributed by atoms with Crippen LogP contribution in [0.1, 0.15) is 10.6 Å². The molecule has 16 heavy (non-hydrogen) atoms. The highest BCUT2D eigenvalue weighted by Crippen LogP contribution is 2.30. The van der Waals surface area contributed by atoms with Gasteiger partial charge in [-0.05, 0) is 25.1 Å². The average molecular weight is 233 g/mol. The van der Waals surface area contributed by atoms with Gasteiger partial charge in [0.25, 0.3) is 0 Å². The highest BCUT2D eigenvalue weighted by atomic mass is 32.1. The molecule has 0 unspecified atom stereocenters. The number of hydrogen-bond acceptors (Lipinski definition) is 4.